The minimum atomic E-state index is -0.444. The zero-order chi connectivity index (χ0) is 15.5. The summed E-state index contributed by atoms with van der Waals surface area (Å²) in [5.41, 5.74) is 10.3. The van der Waals surface area contributed by atoms with Gasteiger partial charge in [-0.05, 0) is 18.2 Å². The molecule has 2 aromatic carbocycles. The second-order valence-corrected chi connectivity index (χ2v) is 4.72. The first kappa shape index (κ1) is 13.7. The number of para-hydroxylation sites is 2. The highest BCUT2D eigenvalue weighted by molar-refractivity contribution is 6.07. The molecular formula is C16H14N4O2. The van der Waals surface area contributed by atoms with Crippen molar-refractivity contribution in [3.63, 3.8) is 0 Å². The van der Waals surface area contributed by atoms with Crippen LogP contribution in [0, 0.1) is 0 Å². The van der Waals surface area contributed by atoms with Crippen molar-refractivity contribution in [2.75, 3.05) is 5.73 Å². The molecule has 0 bridgehead atoms. The quantitative estimate of drug-likeness (QED) is 0.440. The highest BCUT2D eigenvalue weighted by Crippen LogP contribution is 2.24. The van der Waals surface area contributed by atoms with E-state index in [2.05, 4.69) is 15.5 Å². The maximum Gasteiger partial charge on any atom is 0.289 e. The van der Waals surface area contributed by atoms with Gasteiger partial charge in [0.05, 0.1) is 11.9 Å². The number of nitrogens with two attached hydrogens (primary N) is 1. The van der Waals surface area contributed by atoms with Gasteiger partial charge < -0.3 is 15.8 Å². The van der Waals surface area contributed by atoms with Crippen LogP contribution in [0.2, 0.25) is 0 Å². The van der Waals surface area contributed by atoms with Gasteiger partial charge in [-0.2, -0.15) is 5.10 Å². The van der Waals surface area contributed by atoms with Crippen LogP contribution in [0.5, 0.6) is 5.75 Å². The van der Waals surface area contributed by atoms with Crippen LogP contribution in [-0.4, -0.2) is 22.2 Å². The van der Waals surface area contributed by atoms with Crippen molar-refractivity contribution in [1.82, 2.24) is 10.4 Å². The molecule has 0 aliphatic rings. The molecule has 1 amide bonds. The third kappa shape index (κ3) is 2.49. The fraction of sp³-hybridized carbons (Fsp3) is 0. The van der Waals surface area contributed by atoms with Crippen LogP contribution < -0.4 is 11.2 Å². The Balaban J connectivity index is 1.79. The Morgan fingerprint density at radius 1 is 1.18 bits per heavy atom. The average Bonchev–Trinajstić information content (AvgIpc) is 2.87. The first-order chi connectivity index (χ1) is 10.7. The number of aromatic nitrogens is 1. The number of hydrogen-bond acceptors (Lipinski definition) is 4. The molecule has 0 aliphatic heterocycles. The van der Waals surface area contributed by atoms with Crippen LogP contribution in [0.1, 0.15) is 16.1 Å². The van der Waals surface area contributed by atoms with Crippen LogP contribution in [0.4, 0.5) is 5.69 Å². The van der Waals surface area contributed by atoms with Gasteiger partial charge in [-0.15, -0.1) is 0 Å². The second kappa shape index (κ2) is 5.61. The molecule has 3 aromatic rings. The van der Waals surface area contributed by atoms with Crippen molar-refractivity contribution in [2.24, 2.45) is 5.10 Å². The molecule has 6 heteroatoms. The maximum absolute atomic E-state index is 12.1. The van der Waals surface area contributed by atoms with Gasteiger partial charge >= 0.3 is 0 Å². The van der Waals surface area contributed by atoms with Crippen molar-refractivity contribution in [3.05, 3.63) is 59.8 Å². The number of amides is 1. The number of nitrogens with zero attached hydrogens (tertiary/aromatic N) is 1. The summed E-state index contributed by atoms with van der Waals surface area (Å²) in [6.07, 6.45) is 1.37. The van der Waals surface area contributed by atoms with E-state index in [4.69, 9.17) is 5.73 Å². The van der Waals surface area contributed by atoms with Crippen LogP contribution in [0.15, 0.2) is 53.6 Å². The largest absolute Gasteiger partial charge is 0.507 e. The van der Waals surface area contributed by atoms with Crippen molar-refractivity contribution < 1.29 is 9.90 Å². The minimum Gasteiger partial charge on any atom is -0.507 e. The minimum absolute atomic E-state index is 0.0885. The van der Waals surface area contributed by atoms with E-state index < -0.39 is 5.91 Å². The number of aromatic hydroxyl groups is 1. The Morgan fingerprint density at radius 3 is 2.68 bits per heavy atom. The number of hydrogen-bond donors (Lipinski definition) is 4. The van der Waals surface area contributed by atoms with Gasteiger partial charge in [0.15, 0.2) is 0 Å². The van der Waals surface area contributed by atoms with E-state index in [-0.39, 0.29) is 11.4 Å². The standard InChI is InChI=1S/C16H14N4O2/c17-14-11-6-2-3-7-12(11)19-15(14)16(22)20-18-9-10-5-1-4-8-13(10)21/h1-9,19,21H,17H2,(H,20,22)/b18-9+. The van der Waals surface area contributed by atoms with Crippen LogP contribution in [0.25, 0.3) is 10.9 Å². The monoisotopic (exact) mass is 294 g/mol. The van der Waals surface area contributed by atoms with Gasteiger partial charge in [-0.1, -0.05) is 30.3 Å². The number of nitrogens with one attached hydrogen (secondary N) is 2. The number of anilines is 1. The SMILES string of the molecule is Nc1c(C(=O)N/N=C/c2ccccc2O)[nH]c2ccccc12. The molecule has 1 heterocycles. The molecule has 0 atom stereocenters. The predicted molar refractivity (Wildman–Crippen MR) is 85.9 cm³/mol. The van der Waals surface area contributed by atoms with Crippen molar-refractivity contribution in [3.8, 4) is 5.75 Å². The van der Waals surface area contributed by atoms with Gasteiger partial charge in [-0.25, -0.2) is 5.43 Å². The molecule has 5 N–H and O–H groups in total. The van der Waals surface area contributed by atoms with E-state index in [1.165, 1.54) is 6.21 Å². The number of H-pyrrole nitrogens is 1. The van der Waals surface area contributed by atoms with E-state index in [1.54, 1.807) is 24.3 Å². The summed E-state index contributed by atoms with van der Waals surface area (Å²) in [5.74, 6) is -0.356. The third-order valence-corrected chi connectivity index (χ3v) is 3.28. The van der Waals surface area contributed by atoms with Crippen LogP contribution in [0.3, 0.4) is 0 Å². The molecule has 1 aromatic heterocycles. The molecule has 0 fully saturated rings. The number of phenolic OH excluding ortho intramolecular Hbond substituents is 1. The molecule has 0 unspecified atom stereocenters. The lowest BCUT2D eigenvalue weighted by atomic mass is 10.2. The highest BCUT2D eigenvalue weighted by atomic mass is 16.3. The van der Waals surface area contributed by atoms with Gasteiger partial charge in [0.1, 0.15) is 11.4 Å². The van der Waals surface area contributed by atoms with Crippen molar-refractivity contribution in [1.29, 1.82) is 0 Å². The van der Waals surface area contributed by atoms with Gasteiger partial charge in [-0.3, -0.25) is 4.79 Å². The molecule has 0 saturated carbocycles. The molecule has 0 aliphatic carbocycles. The Bertz CT molecular complexity index is 867. The summed E-state index contributed by atoms with van der Waals surface area (Å²) < 4.78 is 0. The number of nitrogen functional groups attached to an aromatic ring is 1. The Labute approximate surface area is 126 Å². The fourth-order valence-corrected chi connectivity index (χ4v) is 2.16. The molecular weight excluding hydrogens is 280 g/mol. The van der Waals surface area contributed by atoms with E-state index in [0.29, 0.717) is 11.3 Å². The zero-order valence-electron chi connectivity index (χ0n) is 11.6. The highest BCUT2D eigenvalue weighted by Gasteiger charge is 2.14. The summed E-state index contributed by atoms with van der Waals surface area (Å²) in [7, 11) is 0. The topological polar surface area (TPSA) is 104 Å². The van der Waals surface area contributed by atoms with Crippen LogP contribution in [-0.2, 0) is 0 Å². The lowest BCUT2D eigenvalue weighted by Crippen LogP contribution is -2.19. The summed E-state index contributed by atoms with van der Waals surface area (Å²) in [5, 5.41) is 14.2. The number of aromatic amines is 1. The molecule has 3 rings (SSSR count). The zero-order valence-corrected chi connectivity index (χ0v) is 11.6. The predicted octanol–water partition coefficient (Wildman–Crippen LogP) is 2.22. The Hall–Kier alpha value is -3.28. The summed E-state index contributed by atoms with van der Waals surface area (Å²) in [6, 6.07) is 14.1. The number of carbonyl (C=O) groups excluding carboxylic acids is 1. The van der Waals surface area contributed by atoms with Gasteiger partial charge in [0, 0.05) is 16.5 Å². The summed E-state index contributed by atoms with van der Waals surface area (Å²) >= 11 is 0. The summed E-state index contributed by atoms with van der Waals surface area (Å²) in [6.45, 7) is 0. The summed E-state index contributed by atoms with van der Waals surface area (Å²) in [4.78, 5) is 15.1. The number of hydrazone groups is 1. The normalized spacial score (nSPS) is 11.1. The first-order valence-electron chi connectivity index (χ1n) is 6.64. The smallest absolute Gasteiger partial charge is 0.289 e. The van der Waals surface area contributed by atoms with E-state index in [1.807, 2.05) is 24.3 Å². The maximum atomic E-state index is 12.1. The number of rotatable bonds is 3. The van der Waals surface area contributed by atoms with E-state index in [0.717, 1.165) is 10.9 Å². The number of phenols is 1. The second-order valence-electron chi connectivity index (χ2n) is 4.72. The lowest BCUT2D eigenvalue weighted by molar-refractivity contribution is 0.0952. The molecule has 0 saturated heterocycles. The fourth-order valence-electron chi connectivity index (χ4n) is 2.16. The van der Waals surface area contributed by atoms with Gasteiger partial charge in [0.25, 0.3) is 5.91 Å². The molecule has 6 nitrogen and oxygen atoms in total. The molecule has 0 spiro atoms. The molecule has 0 radical (unpaired) electrons. The van der Waals surface area contributed by atoms with Crippen molar-refractivity contribution >= 4 is 28.7 Å². The average molecular weight is 294 g/mol. The third-order valence-electron chi connectivity index (χ3n) is 3.28. The Morgan fingerprint density at radius 2 is 1.91 bits per heavy atom. The lowest BCUT2D eigenvalue weighted by Gasteiger charge is -1.99. The number of benzene rings is 2. The molecule has 110 valence electrons. The first-order valence-corrected chi connectivity index (χ1v) is 6.64. The van der Waals surface area contributed by atoms with E-state index >= 15 is 0 Å². The van der Waals surface area contributed by atoms with Crippen LogP contribution >= 0.6 is 0 Å². The number of fused-ring (bicyclic) bond motifs is 1. The van der Waals surface area contributed by atoms with Crippen molar-refractivity contribution in [2.45, 2.75) is 0 Å². The number of carbonyl (C=O) groups is 1. The molecule has 22 heavy (non-hydrogen) atoms. The van der Waals surface area contributed by atoms with E-state index in [9.17, 15) is 9.90 Å². The van der Waals surface area contributed by atoms with Gasteiger partial charge in [0.2, 0.25) is 0 Å². The Kier molecular flexibility index (Phi) is 3.49.